The van der Waals surface area contributed by atoms with Gasteiger partial charge in [0.15, 0.2) is 5.13 Å². The predicted octanol–water partition coefficient (Wildman–Crippen LogP) is 5.25. The molecular formula is C22H22N2O3S. The largest absolute Gasteiger partial charge is 0.462 e. The van der Waals surface area contributed by atoms with Gasteiger partial charge in [-0.2, -0.15) is 0 Å². The zero-order chi connectivity index (χ0) is 20.1. The second-order valence-corrected chi connectivity index (χ2v) is 7.60. The fourth-order valence-electron chi connectivity index (χ4n) is 2.63. The number of fused-ring (bicyclic) bond motifs is 1. The van der Waals surface area contributed by atoms with Crippen molar-refractivity contribution < 1.29 is 14.3 Å². The molecule has 6 heteroatoms. The Morgan fingerprint density at radius 3 is 2.61 bits per heavy atom. The van der Waals surface area contributed by atoms with E-state index in [9.17, 15) is 9.59 Å². The third-order valence-electron chi connectivity index (χ3n) is 4.16. The molecule has 1 amide bonds. The van der Waals surface area contributed by atoms with Crippen molar-refractivity contribution in [1.29, 1.82) is 0 Å². The summed E-state index contributed by atoms with van der Waals surface area (Å²) in [4.78, 5) is 28.4. The Morgan fingerprint density at radius 1 is 1.18 bits per heavy atom. The molecule has 144 valence electrons. The molecule has 0 fully saturated rings. The van der Waals surface area contributed by atoms with Gasteiger partial charge in [0.25, 0.3) is 0 Å². The van der Waals surface area contributed by atoms with Gasteiger partial charge in [0.05, 0.1) is 22.4 Å². The molecule has 2 aromatic carbocycles. The SMILES string of the molecule is CCOC(=O)c1ccc2nc(NC(=O)/C=C/c3ccc(C(C)C)cc3)sc2c1. The average Bonchev–Trinajstić information content (AvgIpc) is 3.08. The molecule has 0 spiro atoms. The number of rotatable bonds is 6. The lowest BCUT2D eigenvalue weighted by Gasteiger charge is -2.04. The molecule has 0 aliphatic rings. The Hall–Kier alpha value is -2.99. The molecule has 0 saturated carbocycles. The van der Waals surface area contributed by atoms with Crippen LogP contribution in [0.4, 0.5) is 5.13 Å². The van der Waals surface area contributed by atoms with E-state index in [0.29, 0.717) is 23.2 Å². The van der Waals surface area contributed by atoms with Crippen LogP contribution in [-0.2, 0) is 9.53 Å². The monoisotopic (exact) mass is 394 g/mol. The maximum atomic E-state index is 12.2. The van der Waals surface area contributed by atoms with Crippen molar-refractivity contribution >= 4 is 44.6 Å². The maximum Gasteiger partial charge on any atom is 0.338 e. The number of carbonyl (C=O) groups is 2. The fraction of sp³-hybridized carbons (Fsp3) is 0.227. The van der Waals surface area contributed by atoms with E-state index in [1.54, 1.807) is 31.2 Å². The maximum absolute atomic E-state index is 12.2. The van der Waals surface area contributed by atoms with E-state index in [2.05, 4.69) is 36.3 Å². The van der Waals surface area contributed by atoms with E-state index < -0.39 is 0 Å². The third-order valence-corrected chi connectivity index (χ3v) is 5.09. The fourth-order valence-corrected chi connectivity index (χ4v) is 3.54. The van der Waals surface area contributed by atoms with Gasteiger partial charge in [-0.25, -0.2) is 9.78 Å². The highest BCUT2D eigenvalue weighted by atomic mass is 32.1. The van der Waals surface area contributed by atoms with Crippen molar-refractivity contribution in [3.8, 4) is 0 Å². The van der Waals surface area contributed by atoms with Crippen LogP contribution in [0.15, 0.2) is 48.5 Å². The number of esters is 1. The van der Waals surface area contributed by atoms with Crippen molar-refractivity contribution in [3.63, 3.8) is 0 Å². The first-order valence-electron chi connectivity index (χ1n) is 9.13. The molecule has 5 nitrogen and oxygen atoms in total. The van der Waals surface area contributed by atoms with Crippen LogP contribution in [0.2, 0.25) is 0 Å². The van der Waals surface area contributed by atoms with Gasteiger partial charge in [-0.15, -0.1) is 0 Å². The molecule has 3 aromatic rings. The van der Waals surface area contributed by atoms with Crippen molar-refractivity contribution in [2.45, 2.75) is 26.7 Å². The van der Waals surface area contributed by atoms with Gasteiger partial charge in [0.1, 0.15) is 0 Å². The number of carbonyl (C=O) groups excluding carboxylic acids is 2. The second kappa shape index (κ2) is 8.80. The first kappa shape index (κ1) is 19.8. The van der Waals surface area contributed by atoms with Crippen LogP contribution in [0.5, 0.6) is 0 Å². The van der Waals surface area contributed by atoms with E-state index in [1.165, 1.54) is 23.0 Å². The summed E-state index contributed by atoms with van der Waals surface area (Å²) in [5.41, 5.74) is 3.42. The highest BCUT2D eigenvalue weighted by Gasteiger charge is 2.11. The van der Waals surface area contributed by atoms with Crippen LogP contribution in [0.3, 0.4) is 0 Å². The Labute approximate surface area is 168 Å². The normalized spacial score (nSPS) is 11.3. The second-order valence-electron chi connectivity index (χ2n) is 6.57. The number of thiazole rings is 1. The molecular weight excluding hydrogens is 372 g/mol. The van der Waals surface area contributed by atoms with Gasteiger partial charge < -0.3 is 4.74 Å². The Kier molecular flexibility index (Phi) is 6.21. The number of hydrogen-bond acceptors (Lipinski definition) is 5. The highest BCUT2D eigenvalue weighted by Crippen LogP contribution is 2.27. The summed E-state index contributed by atoms with van der Waals surface area (Å²) in [7, 11) is 0. The predicted molar refractivity (Wildman–Crippen MR) is 114 cm³/mol. The van der Waals surface area contributed by atoms with Crippen LogP contribution in [0.1, 0.15) is 48.2 Å². The van der Waals surface area contributed by atoms with Crippen LogP contribution in [0.25, 0.3) is 16.3 Å². The number of anilines is 1. The molecule has 0 saturated heterocycles. The zero-order valence-corrected chi connectivity index (χ0v) is 16.9. The summed E-state index contributed by atoms with van der Waals surface area (Å²) >= 11 is 1.32. The molecule has 0 unspecified atom stereocenters. The van der Waals surface area contributed by atoms with Gasteiger partial charge in [-0.3, -0.25) is 10.1 Å². The average molecular weight is 394 g/mol. The quantitative estimate of drug-likeness (QED) is 0.458. The van der Waals surface area contributed by atoms with Gasteiger partial charge in [0, 0.05) is 6.08 Å². The Bertz CT molecular complexity index is 1020. The van der Waals surface area contributed by atoms with Crippen LogP contribution < -0.4 is 5.32 Å². The summed E-state index contributed by atoms with van der Waals surface area (Å²) in [6.45, 7) is 6.38. The summed E-state index contributed by atoms with van der Waals surface area (Å²) in [5.74, 6) is -0.142. The number of ether oxygens (including phenoxy) is 1. The number of aromatic nitrogens is 1. The molecule has 0 bridgehead atoms. The minimum atomic E-state index is -0.366. The number of nitrogens with one attached hydrogen (secondary N) is 1. The summed E-state index contributed by atoms with van der Waals surface area (Å²) < 4.78 is 5.82. The van der Waals surface area contributed by atoms with Crippen molar-refractivity contribution in [2.75, 3.05) is 11.9 Å². The first-order chi connectivity index (χ1) is 13.5. The summed E-state index contributed by atoms with van der Waals surface area (Å²) in [6.07, 6.45) is 3.26. The van der Waals surface area contributed by atoms with E-state index in [0.717, 1.165) is 15.8 Å². The lowest BCUT2D eigenvalue weighted by atomic mass is 10.0. The van der Waals surface area contributed by atoms with E-state index in [-0.39, 0.29) is 11.9 Å². The molecule has 0 atom stereocenters. The minimum Gasteiger partial charge on any atom is -0.462 e. The molecule has 1 N–H and O–H groups in total. The molecule has 1 heterocycles. The van der Waals surface area contributed by atoms with Crippen LogP contribution in [-0.4, -0.2) is 23.5 Å². The minimum absolute atomic E-state index is 0.252. The molecule has 3 rings (SSSR count). The number of benzene rings is 2. The lowest BCUT2D eigenvalue weighted by molar-refractivity contribution is -0.111. The van der Waals surface area contributed by atoms with Crippen molar-refractivity contribution in [2.24, 2.45) is 0 Å². The van der Waals surface area contributed by atoms with Gasteiger partial charge >= 0.3 is 5.97 Å². The number of amides is 1. The van der Waals surface area contributed by atoms with Gasteiger partial charge in [-0.1, -0.05) is 49.4 Å². The molecule has 28 heavy (non-hydrogen) atoms. The van der Waals surface area contributed by atoms with E-state index in [4.69, 9.17) is 4.74 Å². The van der Waals surface area contributed by atoms with Gasteiger partial charge in [0.2, 0.25) is 5.91 Å². The standard InChI is InChI=1S/C22H22N2O3S/c1-4-27-21(26)17-10-11-18-19(13-17)28-22(23-18)24-20(25)12-7-15-5-8-16(9-6-15)14(2)3/h5-14H,4H2,1-3H3,(H,23,24,25)/b12-7+. The summed E-state index contributed by atoms with van der Waals surface area (Å²) in [6, 6.07) is 13.3. The summed E-state index contributed by atoms with van der Waals surface area (Å²) in [5, 5.41) is 3.26. The smallest absolute Gasteiger partial charge is 0.338 e. The van der Waals surface area contributed by atoms with Crippen molar-refractivity contribution in [3.05, 3.63) is 65.2 Å². The third kappa shape index (κ3) is 4.84. The Morgan fingerprint density at radius 2 is 1.93 bits per heavy atom. The highest BCUT2D eigenvalue weighted by molar-refractivity contribution is 7.22. The van der Waals surface area contributed by atoms with Gasteiger partial charge in [-0.05, 0) is 48.2 Å². The van der Waals surface area contributed by atoms with Crippen molar-refractivity contribution in [1.82, 2.24) is 4.98 Å². The topological polar surface area (TPSA) is 68.3 Å². The Balaban J connectivity index is 1.67. The lowest BCUT2D eigenvalue weighted by Crippen LogP contribution is -2.07. The first-order valence-corrected chi connectivity index (χ1v) is 9.94. The number of hydrogen-bond donors (Lipinski definition) is 1. The zero-order valence-electron chi connectivity index (χ0n) is 16.1. The number of nitrogens with zero attached hydrogens (tertiary/aromatic N) is 1. The molecule has 0 radical (unpaired) electrons. The van der Waals surface area contributed by atoms with E-state index >= 15 is 0 Å². The van der Waals surface area contributed by atoms with Crippen LogP contribution in [0, 0.1) is 0 Å². The molecule has 0 aliphatic heterocycles. The van der Waals surface area contributed by atoms with Crippen LogP contribution >= 0.6 is 11.3 Å². The molecule has 1 aromatic heterocycles. The van der Waals surface area contributed by atoms with E-state index in [1.807, 2.05) is 12.1 Å². The molecule has 0 aliphatic carbocycles.